The molecule has 124 valence electrons. The van der Waals surface area contributed by atoms with E-state index in [1.807, 2.05) is 18.2 Å². The maximum atomic E-state index is 12.5. The molecule has 0 saturated heterocycles. The van der Waals surface area contributed by atoms with E-state index < -0.39 is 17.7 Å². The summed E-state index contributed by atoms with van der Waals surface area (Å²) in [6, 6.07) is 12.0. The average Bonchev–Trinajstić information content (AvgIpc) is 2.88. The van der Waals surface area contributed by atoms with Gasteiger partial charge in [0.15, 0.2) is 5.60 Å². The van der Waals surface area contributed by atoms with E-state index in [2.05, 4.69) is 0 Å². The molecule has 1 spiro atoms. The van der Waals surface area contributed by atoms with Crippen LogP contribution in [0, 0.1) is 0 Å². The molecule has 2 unspecified atom stereocenters. The first kappa shape index (κ1) is 14.3. The van der Waals surface area contributed by atoms with Crippen LogP contribution in [-0.4, -0.2) is 22.3 Å². The Bertz CT molecular complexity index is 987. The maximum Gasteiger partial charge on any atom is 0.340 e. The second-order valence-electron chi connectivity index (χ2n) is 6.35. The van der Waals surface area contributed by atoms with Crippen molar-refractivity contribution in [2.45, 2.75) is 18.1 Å². The van der Waals surface area contributed by atoms with E-state index in [4.69, 9.17) is 9.47 Å². The number of aromatic hydroxyl groups is 1. The summed E-state index contributed by atoms with van der Waals surface area (Å²) in [7, 11) is 0. The monoisotopic (exact) mass is 334 g/mol. The molecule has 0 amide bonds. The predicted octanol–water partition coefficient (Wildman–Crippen LogP) is 2.77. The Hall–Kier alpha value is -3.05. The van der Waals surface area contributed by atoms with Crippen molar-refractivity contribution < 1.29 is 24.5 Å². The third kappa shape index (κ3) is 1.78. The molecular formula is C20H14O5. The van der Waals surface area contributed by atoms with Gasteiger partial charge in [-0.3, -0.25) is 0 Å². The van der Waals surface area contributed by atoms with Crippen molar-refractivity contribution in [2.24, 2.45) is 0 Å². The number of ether oxygens (including phenoxy) is 2. The Balaban J connectivity index is 1.87. The number of phenolic OH excluding ortho intramolecular Hbond substituents is 1. The number of phenols is 1. The van der Waals surface area contributed by atoms with Crippen LogP contribution in [0.4, 0.5) is 0 Å². The molecule has 0 aromatic heterocycles. The number of carbonyl (C=O) groups excluding carboxylic acids is 1. The number of benzene rings is 2. The van der Waals surface area contributed by atoms with E-state index in [0.717, 1.165) is 5.56 Å². The van der Waals surface area contributed by atoms with Crippen LogP contribution in [0.5, 0.6) is 11.5 Å². The van der Waals surface area contributed by atoms with Gasteiger partial charge >= 0.3 is 5.97 Å². The zero-order valence-electron chi connectivity index (χ0n) is 13.1. The molecule has 5 nitrogen and oxygen atoms in total. The van der Waals surface area contributed by atoms with E-state index in [1.165, 1.54) is 6.07 Å². The van der Waals surface area contributed by atoms with Crippen LogP contribution in [0.15, 0.2) is 65.9 Å². The van der Waals surface area contributed by atoms with Crippen molar-refractivity contribution in [3.63, 3.8) is 0 Å². The highest BCUT2D eigenvalue weighted by atomic mass is 16.6. The lowest BCUT2D eigenvalue weighted by Crippen LogP contribution is -2.37. The van der Waals surface area contributed by atoms with Gasteiger partial charge in [0.05, 0.1) is 11.7 Å². The number of aliphatic hydroxyl groups is 1. The first-order chi connectivity index (χ1) is 12.1. The van der Waals surface area contributed by atoms with Gasteiger partial charge in [0.1, 0.15) is 17.3 Å². The summed E-state index contributed by atoms with van der Waals surface area (Å²) in [6.45, 7) is 0. The largest absolute Gasteiger partial charge is 0.508 e. The van der Waals surface area contributed by atoms with Gasteiger partial charge in [-0.05, 0) is 30.7 Å². The summed E-state index contributed by atoms with van der Waals surface area (Å²) < 4.78 is 11.8. The molecular weight excluding hydrogens is 320 g/mol. The van der Waals surface area contributed by atoms with Crippen LogP contribution in [0.25, 0.3) is 0 Å². The van der Waals surface area contributed by atoms with E-state index >= 15 is 0 Å². The summed E-state index contributed by atoms with van der Waals surface area (Å²) in [5, 5.41) is 19.8. The Kier molecular flexibility index (Phi) is 2.71. The number of carbonyl (C=O) groups is 1. The molecule has 0 fully saturated rings. The van der Waals surface area contributed by atoms with Crippen LogP contribution in [0.2, 0.25) is 0 Å². The van der Waals surface area contributed by atoms with Crippen molar-refractivity contribution in [1.82, 2.24) is 0 Å². The van der Waals surface area contributed by atoms with Gasteiger partial charge in [-0.25, -0.2) is 4.79 Å². The molecule has 0 bridgehead atoms. The number of fused-ring (bicyclic) bond motifs is 6. The summed E-state index contributed by atoms with van der Waals surface area (Å²) >= 11 is 0. The first-order valence-electron chi connectivity index (χ1n) is 8.04. The number of aliphatic hydroxyl groups excluding tert-OH is 1. The number of rotatable bonds is 0. The van der Waals surface area contributed by atoms with Crippen LogP contribution in [-0.2, 0) is 10.3 Å². The maximum absolute atomic E-state index is 12.5. The topological polar surface area (TPSA) is 76.0 Å². The Morgan fingerprint density at radius 1 is 1.12 bits per heavy atom. The molecule has 5 rings (SSSR count). The highest BCUT2D eigenvalue weighted by Crippen LogP contribution is 2.56. The minimum absolute atomic E-state index is 0.0518. The van der Waals surface area contributed by atoms with E-state index in [1.54, 1.807) is 30.3 Å². The average molecular weight is 334 g/mol. The molecule has 0 radical (unpaired) electrons. The highest BCUT2D eigenvalue weighted by molar-refractivity contribution is 5.97. The lowest BCUT2D eigenvalue weighted by molar-refractivity contribution is 0.0195. The molecule has 5 heteroatoms. The molecule has 2 atom stereocenters. The van der Waals surface area contributed by atoms with Gasteiger partial charge in [0.25, 0.3) is 0 Å². The van der Waals surface area contributed by atoms with Gasteiger partial charge in [-0.1, -0.05) is 24.3 Å². The summed E-state index contributed by atoms with van der Waals surface area (Å²) in [5.74, 6) is 0.502. The molecule has 2 heterocycles. The van der Waals surface area contributed by atoms with E-state index in [-0.39, 0.29) is 5.75 Å². The van der Waals surface area contributed by atoms with Gasteiger partial charge in [-0.2, -0.15) is 0 Å². The lowest BCUT2D eigenvalue weighted by Gasteiger charge is -2.39. The molecule has 2 aromatic carbocycles. The fourth-order valence-corrected chi connectivity index (χ4v) is 3.85. The fraction of sp³-hybridized carbons (Fsp3) is 0.150. The minimum Gasteiger partial charge on any atom is -0.508 e. The third-order valence-electron chi connectivity index (χ3n) is 4.89. The Labute approximate surface area is 143 Å². The quantitative estimate of drug-likeness (QED) is 0.725. The normalized spacial score (nSPS) is 26.0. The van der Waals surface area contributed by atoms with Crippen molar-refractivity contribution in [2.75, 3.05) is 0 Å². The van der Waals surface area contributed by atoms with Crippen molar-refractivity contribution in [3.8, 4) is 11.5 Å². The summed E-state index contributed by atoms with van der Waals surface area (Å²) in [4.78, 5) is 12.5. The molecule has 2 aliphatic heterocycles. The number of hydrogen-bond acceptors (Lipinski definition) is 5. The van der Waals surface area contributed by atoms with E-state index in [9.17, 15) is 15.0 Å². The molecule has 2 N–H and O–H groups in total. The fourth-order valence-electron chi connectivity index (χ4n) is 3.85. The predicted molar refractivity (Wildman–Crippen MR) is 88.2 cm³/mol. The third-order valence-corrected chi connectivity index (χ3v) is 4.89. The lowest BCUT2D eigenvalue weighted by atomic mass is 9.75. The second kappa shape index (κ2) is 4.74. The number of esters is 1. The van der Waals surface area contributed by atoms with Crippen LogP contribution < -0.4 is 4.74 Å². The summed E-state index contributed by atoms with van der Waals surface area (Å²) in [6.07, 6.45) is 3.21. The smallest absolute Gasteiger partial charge is 0.340 e. The Morgan fingerprint density at radius 2 is 1.96 bits per heavy atom. The molecule has 0 saturated carbocycles. The van der Waals surface area contributed by atoms with Crippen molar-refractivity contribution in [3.05, 3.63) is 82.6 Å². The zero-order chi connectivity index (χ0) is 17.2. The van der Waals surface area contributed by atoms with Crippen molar-refractivity contribution in [1.29, 1.82) is 0 Å². The van der Waals surface area contributed by atoms with Crippen LogP contribution in [0.1, 0.15) is 27.9 Å². The Morgan fingerprint density at radius 3 is 2.84 bits per heavy atom. The summed E-state index contributed by atoms with van der Waals surface area (Å²) in [5.41, 5.74) is 1.48. The molecule has 3 aliphatic rings. The first-order valence-corrected chi connectivity index (χ1v) is 8.04. The zero-order valence-corrected chi connectivity index (χ0v) is 13.1. The molecule has 25 heavy (non-hydrogen) atoms. The van der Waals surface area contributed by atoms with Gasteiger partial charge in [0.2, 0.25) is 0 Å². The molecule has 1 aliphatic carbocycles. The minimum atomic E-state index is -1.12. The van der Waals surface area contributed by atoms with Gasteiger partial charge < -0.3 is 19.7 Å². The van der Waals surface area contributed by atoms with Crippen LogP contribution >= 0.6 is 0 Å². The standard InChI is InChI=1S/C20H14O5/c21-11-5-7-15-17(9-11)24-18-10-12(22)6-8-16(18)20(15)14-4-2-1-3-13(14)19(23)25-20/h1-5,7-10,12,21-22H,6H2. The van der Waals surface area contributed by atoms with Gasteiger partial charge in [0, 0.05) is 22.8 Å². The number of hydrogen-bond donors (Lipinski definition) is 2. The second-order valence-corrected chi connectivity index (χ2v) is 6.35. The SMILES string of the molecule is O=C1OC2(C3=CCC(O)C=C3Oc3cc(O)ccc32)c2ccccc21. The van der Waals surface area contributed by atoms with Crippen molar-refractivity contribution >= 4 is 5.97 Å². The van der Waals surface area contributed by atoms with Gasteiger partial charge in [-0.15, -0.1) is 0 Å². The molecule has 2 aromatic rings. The highest BCUT2D eigenvalue weighted by Gasteiger charge is 2.55. The van der Waals surface area contributed by atoms with E-state index in [0.29, 0.717) is 34.6 Å². The van der Waals surface area contributed by atoms with Crippen LogP contribution in [0.3, 0.4) is 0 Å².